The van der Waals surface area contributed by atoms with Gasteiger partial charge in [0.05, 0.1) is 19.6 Å². The van der Waals surface area contributed by atoms with Crippen LogP contribution < -0.4 is 20.9 Å². The van der Waals surface area contributed by atoms with Crippen molar-refractivity contribution >= 4 is 17.7 Å². The maximum atomic E-state index is 14.7. The third-order valence-corrected chi connectivity index (χ3v) is 4.95. The fraction of sp³-hybridized carbons (Fsp3) is 0.174. The van der Waals surface area contributed by atoms with Gasteiger partial charge in [0.15, 0.2) is 17.3 Å². The molecule has 0 aliphatic heterocycles. The Morgan fingerprint density at radius 1 is 1.18 bits per heavy atom. The lowest BCUT2D eigenvalue weighted by Gasteiger charge is -2.19. The first-order valence-corrected chi connectivity index (χ1v) is 9.82. The van der Waals surface area contributed by atoms with Crippen molar-refractivity contribution in [1.82, 2.24) is 9.88 Å². The second-order valence-electron chi connectivity index (χ2n) is 7.19. The number of pyridine rings is 1. The number of nitrogens with zero attached hydrogens (tertiary/aromatic N) is 1. The van der Waals surface area contributed by atoms with E-state index in [9.17, 15) is 29.0 Å². The minimum Gasteiger partial charge on any atom is -0.505 e. The molecule has 4 N–H and O–H groups in total. The first-order chi connectivity index (χ1) is 15.7. The summed E-state index contributed by atoms with van der Waals surface area (Å²) in [6.07, 6.45) is 0.855. The van der Waals surface area contributed by atoms with Gasteiger partial charge < -0.3 is 30.2 Å². The molecule has 9 nitrogen and oxygen atoms in total. The van der Waals surface area contributed by atoms with Crippen molar-refractivity contribution in [2.24, 2.45) is 7.05 Å². The predicted octanol–water partition coefficient (Wildman–Crippen LogP) is 3.24. The molecule has 1 aromatic heterocycles. The molecule has 0 aliphatic carbocycles. The van der Waals surface area contributed by atoms with Gasteiger partial charge in [-0.2, -0.15) is 0 Å². The number of benzene rings is 2. The Balaban J connectivity index is 1.91. The topological polar surface area (TPSA) is 130 Å². The van der Waals surface area contributed by atoms with Crippen LogP contribution in [0.4, 0.5) is 14.9 Å². The lowest BCUT2D eigenvalue weighted by Crippen LogP contribution is -2.36. The second-order valence-corrected chi connectivity index (χ2v) is 7.19. The zero-order valence-electron chi connectivity index (χ0n) is 17.8. The number of aromatic hydroxyl groups is 1. The van der Waals surface area contributed by atoms with E-state index in [-0.39, 0.29) is 17.0 Å². The number of nitrogens with one attached hydrogen (secondary N) is 2. The summed E-state index contributed by atoms with van der Waals surface area (Å²) >= 11 is 0. The van der Waals surface area contributed by atoms with E-state index in [4.69, 9.17) is 4.74 Å². The molecule has 2 aromatic carbocycles. The smallest absolute Gasteiger partial charge is 0.319 e. The zero-order valence-corrected chi connectivity index (χ0v) is 17.8. The molecule has 0 fully saturated rings. The molecular formula is C23H22FN3O6. The van der Waals surface area contributed by atoms with Crippen molar-refractivity contribution in [3.63, 3.8) is 0 Å². The van der Waals surface area contributed by atoms with E-state index in [1.807, 2.05) is 0 Å². The van der Waals surface area contributed by atoms with E-state index in [0.717, 1.165) is 4.57 Å². The number of urea groups is 1. The van der Waals surface area contributed by atoms with Crippen LogP contribution in [0.25, 0.3) is 11.1 Å². The lowest BCUT2D eigenvalue weighted by atomic mass is 9.97. The number of halogens is 1. The standard InChI is InChI=1S/C23H22FN3O6/c1-27-10-9-17(28)21(22(27)31)26-23(32)25-16(12-19(29)30)14-6-3-5-13(11-14)15-7-4-8-18(33-2)20(15)24/h3-11,16,28H,12H2,1-2H3,(H,29,30)(H2,25,26,32). The highest BCUT2D eigenvalue weighted by Crippen LogP contribution is 2.31. The highest BCUT2D eigenvalue weighted by Gasteiger charge is 2.21. The first kappa shape index (κ1) is 23.3. The third kappa shape index (κ3) is 5.29. The van der Waals surface area contributed by atoms with Gasteiger partial charge in [-0.1, -0.05) is 30.3 Å². The minimum atomic E-state index is -1.18. The lowest BCUT2D eigenvalue weighted by molar-refractivity contribution is -0.137. The van der Waals surface area contributed by atoms with Gasteiger partial charge in [-0.15, -0.1) is 0 Å². The maximum Gasteiger partial charge on any atom is 0.319 e. The van der Waals surface area contributed by atoms with Gasteiger partial charge in [0.1, 0.15) is 5.75 Å². The number of hydrogen-bond acceptors (Lipinski definition) is 5. The van der Waals surface area contributed by atoms with E-state index >= 15 is 0 Å². The molecule has 10 heteroatoms. The monoisotopic (exact) mass is 455 g/mol. The largest absolute Gasteiger partial charge is 0.505 e. The van der Waals surface area contributed by atoms with Crippen LogP contribution in [-0.2, 0) is 11.8 Å². The molecule has 0 aliphatic rings. The van der Waals surface area contributed by atoms with E-state index in [0.29, 0.717) is 11.1 Å². The Labute approximate surface area is 188 Å². The number of aromatic nitrogens is 1. The number of carboxylic acids is 1. The summed E-state index contributed by atoms with van der Waals surface area (Å²) in [5.41, 5.74) is 0.107. The summed E-state index contributed by atoms with van der Waals surface area (Å²) in [5.74, 6) is -2.13. The van der Waals surface area contributed by atoms with Crippen LogP contribution >= 0.6 is 0 Å². The molecule has 3 rings (SSSR count). The fourth-order valence-electron chi connectivity index (χ4n) is 3.29. The van der Waals surface area contributed by atoms with Crippen LogP contribution in [0.3, 0.4) is 0 Å². The van der Waals surface area contributed by atoms with Crippen LogP contribution in [0.1, 0.15) is 18.0 Å². The van der Waals surface area contributed by atoms with Gasteiger partial charge in [0.2, 0.25) is 0 Å². The molecule has 1 unspecified atom stereocenters. The third-order valence-electron chi connectivity index (χ3n) is 4.95. The van der Waals surface area contributed by atoms with E-state index in [1.165, 1.54) is 32.5 Å². The van der Waals surface area contributed by atoms with Gasteiger partial charge in [-0.05, 0) is 29.3 Å². The number of carbonyl (C=O) groups excluding carboxylic acids is 1. The maximum absolute atomic E-state index is 14.7. The molecule has 1 atom stereocenters. The summed E-state index contributed by atoms with van der Waals surface area (Å²) in [5, 5.41) is 24.0. The summed E-state index contributed by atoms with van der Waals surface area (Å²) in [6, 6.07) is 10.4. The molecule has 172 valence electrons. The number of hydrogen-bond donors (Lipinski definition) is 4. The average molecular weight is 455 g/mol. The number of rotatable bonds is 7. The van der Waals surface area contributed by atoms with Crippen LogP contribution in [0, 0.1) is 5.82 Å². The highest BCUT2D eigenvalue weighted by atomic mass is 19.1. The number of anilines is 1. The molecule has 0 radical (unpaired) electrons. The van der Waals surface area contributed by atoms with Crippen molar-refractivity contribution < 1.29 is 28.9 Å². The molecular weight excluding hydrogens is 433 g/mol. The van der Waals surface area contributed by atoms with E-state index in [1.54, 1.807) is 36.4 Å². The SMILES string of the molecule is COc1cccc(-c2cccc(C(CC(=O)O)NC(=O)Nc3c(O)ccn(C)c3=O)c2)c1F. The Hall–Kier alpha value is -4.34. The summed E-state index contributed by atoms with van der Waals surface area (Å²) < 4.78 is 20.9. The Kier molecular flexibility index (Phi) is 6.97. The number of aliphatic carboxylic acids is 1. The number of ether oxygens (including phenoxy) is 1. The van der Waals surface area contributed by atoms with Crippen LogP contribution in [0.15, 0.2) is 59.5 Å². The molecule has 0 saturated carbocycles. The zero-order chi connectivity index (χ0) is 24.1. The summed E-state index contributed by atoms with van der Waals surface area (Å²) in [4.78, 5) is 36.1. The van der Waals surface area contributed by atoms with Gasteiger partial charge in [0.25, 0.3) is 5.56 Å². The van der Waals surface area contributed by atoms with Gasteiger partial charge in [0, 0.05) is 18.8 Å². The van der Waals surface area contributed by atoms with Crippen molar-refractivity contribution in [2.45, 2.75) is 12.5 Å². The molecule has 0 bridgehead atoms. The summed E-state index contributed by atoms with van der Waals surface area (Å²) in [6.45, 7) is 0. The minimum absolute atomic E-state index is 0.0572. The van der Waals surface area contributed by atoms with Crippen molar-refractivity contribution in [3.05, 3.63) is 76.5 Å². The molecule has 33 heavy (non-hydrogen) atoms. The van der Waals surface area contributed by atoms with Gasteiger partial charge in [-0.25, -0.2) is 9.18 Å². The quantitative estimate of drug-likeness (QED) is 0.433. The first-order valence-electron chi connectivity index (χ1n) is 9.82. The Morgan fingerprint density at radius 3 is 2.61 bits per heavy atom. The van der Waals surface area contributed by atoms with E-state index in [2.05, 4.69) is 10.6 Å². The molecule has 1 heterocycles. The van der Waals surface area contributed by atoms with Crippen LogP contribution in [0.2, 0.25) is 0 Å². The normalized spacial score (nSPS) is 11.5. The van der Waals surface area contributed by atoms with E-state index < -0.39 is 41.6 Å². The molecule has 2 amide bonds. The van der Waals surface area contributed by atoms with Crippen LogP contribution in [0.5, 0.6) is 11.5 Å². The van der Waals surface area contributed by atoms with Crippen molar-refractivity contribution in [3.8, 4) is 22.6 Å². The highest BCUT2D eigenvalue weighted by molar-refractivity contribution is 5.91. The van der Waals surface area contributed by atoms with Crippen molar-refractivity contribution in [2.75, 3.05) is 12.4 Å². The van der Waals surface area contributed by atoms with Crippen LogP contribution in [-0.4, -0.2) is 33.9 Å². The summed E-state index contributed by atoms with van der Waals surface area (Å²) in [7, 11) is 2.79. The number of aryl methyl sites for hydroxylation is 1. The fourth-order valence-corrected chi connectivity index (χ4v) is 3.29. The number of amides is 2. The molecule has 0 spiro atoms. The predicted molar refractivity (Wildman–Crippen MR) is 119 cm³/mol. The Bertz CT molecular complexity index is 1260. The van der Waals surface area contributed by atoms with Gasteiger partial charge >= 0.3 is 12.0 Å². The number of methoxy groups -OCH3 is 1. The molecule has 0 saturated heterocycles. The number of carboxylic acid groups (broad SMARTS) is 1. The van der Waals surface area contributed by atoms with Gasteiger partial charge in [-0.3, -0.25) is 9.59 Å². The number of carbonyl (C=O) groups is 2. The van der Waals surface area contributed by atoms with Crippen molar-refractivity contribution in [1.29, 1.82) is 0 Å². The average Bonchev–Trinajstić information content (AvgIpc) is 2.79. The Morgan fingerprint density at radius 2 is 1.91 bits per heavy atom. The molecule has 3 aromatic rings. The second kappa shape index (κ2) is 9.86.